The number of hydrogen-bond acceptors (Lipinski definition) is 9. The lowest BCUT2D eigenvalue weighted by molar-refractivity contribution is 0.122. The normalized spacial score (nSPS) is 14.4. The summed E-state index contributed by atoms with van der Waals surface area (Å²) < 4.78 is 7.47. The van der Waals surface area contributed by atoms with Gasteiger partial charge in [-0.05, 0) is 12.1 Å². The molecule has 0 unspecified atom stereocenters. The fourth-order valence-corrected chi connectivity index (χ4v) is 3.48. The van der Waals surface area contributed by atoms with Crippen LogP contribution in [0.25, 0.3) is 28.4 Å². The number of nitrogens with zero attached hydrogens (tertiary/aromatic N) is 8. The van der Waals surface area contributed by atoms with Crippen molar-refractivity contribution in [3.8, 4) is 17.3 Å². The Hall–Kier alpha value is -3.66. The zero-order valence-electron chi connectivity index (χ0n) is 16.6. The van der Waals surface area contributed by atoms with E-state index in [-0.39, 0.29) is 5.95 Å². The van der Waals surface area contributed by atoms with Gasteiger partial charge in [0.05, 0.1) is 29.8 Å². The number of nitrogens with two attached hydrogens (primary N) is 1. The second kappa shape index (κ2) is 7.64. The van der Waals surface area contributed by atoms with Crippen LogP contribution in [-0.4, -0.2) is 60.8 Å². The van der Waals surface area contributed by atoms with Crippen molar-refractivity contribution in [3.05, 3.63) is 42.5 Å². The summed E-state index contributed by atoms with van der Waals surface area (Å²) in [6.45, 7) is 4.76. The molecule has 1 aromatic carbocycles. The number of morpholine rings is 1. The molecule has 0 amide bonds. The number of aromatic nitrogens is 7. The maximum atomic E-state index is 5.65. The quantitative estimate of drug-likeness (QED) is 0.542. The number of anilines is 2. The molecule has 5 rings (SSSR count). The summed E-state index contributed by atoms with van der Waals surface area (Å²) in [5.41, 5.74) is 8.17. The van der Waals surface area contributed by atoms with Gasteiger partial charge in [0.25, 0.3) is 0 Å². The molecule has 152 valence electrons. The highest BCUT2D eigenvalue weighted by atomic mass is 16.5. The summed E-state index contributed by atoms with van der Waals surface area (Å²) in [4.78, 5) is 29.3. The molecule has 0 atom stereocenters. The minimum Gasteiger partial charge on any atom is -0.378 e. The van der Waals surface area contributed by atoms with Crippen molar-refractivity contribution >= 4 is 22.9 Å². The number of imidazole rings is 1. The van der Waals surface area contributed by atoms with Gasteiger partial charge in [-0.3, -0.25) is 4.57 Å². The Morgan fingerprint density at radius 2 is 1.70 bits per heavy atom. The first-order chi connectivity index (χ1) is 14.7. The van der Waals surface area contributed by atoms with E-state index in [1.165, 1.54) is 0 Å². The lowest BCUT2D eigenvalue weighted by Crippen LogP contribution is -2.37. The first-order valence-corrected chi connectivity index (χ1v) is 9.86. The van der Waals surface area contributed by atoms with Gasteiger partial charge in [0.1, 0.15) is 5.82 Å². The molecule has 1 aliphatic rings. The number of fused-ring (bicyclic) bond motifs is 1. The van der Waals surface area contributed by atoms with Crippen LogP contribution < -0.4 is 10.6 Å². The van der Waals surface area contributed by atoms with E-state index in [4.69, 9.17) is 30.4 Å². The summed E-state index contributed by atoms with van der Waals surface area (Å²) in [7, 11) is 0. The average Bonchev–Trinajstić information content (AvgIpc) is 3.18. The molecule has 0 aliphatic carbocycles. The first-order valence-electron chi connectivity index (χ1n) is 9.86. The van der Waals surface area contributed by atoms with Crippen molar-refractivity contribution in [3.63, 3.8) is 0 Å². The molecule has 10 heteroatoms. The Balaban J connectivity index is 1.71. The average molecular weight is 403 g/mol. The van der Waals surface area contributed by atoms with E-state index in [0.717, 1.165) is 23.3 Å². The van der Waals surface area contributed by atoms with Crippen LogP contribution >= 0.6 is 0 Å². The molecule has 4 heterocycles. The Bertz CT molecular complexity index is 1180. The van der Waals surface area contributed by atoms with Crippen LogP contribution in [0.3, 0.4) is 0 Å². The number of rotatable bonds is 4. The molecule has 1 fully saturated rings. The molecule has 0 spiro atoms. The van der Waals surface area contributed by atoms with Gasteiger partial charge in [0.15, 0.2) is 5.82 Å². The van der Waals surface area contributed by atoms with Crippen LogP contribution in [0, 0.1) is 0 Å². The van der Waals surface area contributed by atoms with Gasteiger partial charge >= 0.3 is 0 Å². The van der Waals surface area contributed by atoms with Crippen LogP contribution in [0.5, 0.6) is 0 Å². The van der Waals surface area contributed by atoms with E-state index in [2.05, 4.69) is 21.8 Å². The Kier molecular flexibility index (Phi) is 4.68. The lowest BCUT2D eigenvalue weighted by atomic mass is 10.3. The van der Waals surface area contributed by atoms with E-state index in [0.29, 0.717) is 49.6 Å². The predicted octanol–water partition coefficient (Wildman–Crippen LogP) is 1.65. The second-order valence-electron chi connectivity index (χ2n) is 6.89. The fraction of sp³-hybridized carbons (Fsp3) is 0.300. The summed E-state index contributed by atoms with van der Waals surface area (Å²) >= 11 is 0. The standard InChI is InChI=1S/C20H21N9O/c1-2-16-24-14-5-3-4-6-15(14)29(16)20-26-17(13-11-22-18(21)23-12-13)25-19(27-20)28-7-9-30-10-8-28/h3-6,11-12H,2,7-10H2,1H3,(H2,21,22,23). The topological polar surface area (TPSA) is 121 Å². The lowest BCUT2D eigenvalue weighted by Gasteiger charge is -2.27. The highest BCUT2D eigenvalue weighted by Gasteiger charge is 2.20. The summed E-state index contributed by atoms with van der Waals surface area (Å²) in [6, 6.07) is 7.97. The number of benzene rings is 1. The number of aryl methyl sites for hydroxylation is 1. The molecule has 4 aromatic rings. The van der Waals surface area contributed by atoms with E-state index in [1.54, 1.807) is 12.4 Å². The number of para-hydroxylation sites is 2. The van der Waals surface area contributed by atoms with Crippen molar-refractivity contribution in [1.29, 1.82) is 0 Å². The van der Waals surface area contributed by atoms with Crippen LogP contribution in [0.2, 0.25) is 0 Å². The van der Waals surface area contributed by atoms with Gasteiger partial charge in [0.2, 0.25) is 17.8 Å². The molecular weight excluding hydrogens is 382 g/mol. The summed E-state index contributed by atoms with van der Waals surface area (Å²) in [6.07, 6.45) is 3.99. The van der Waals surface area contributed by atoms with E-state index in [1.807, 2.05) is 28.8 Å². The highest BCUT2D eigenvalue weighted by Crippen LogP contribution is 2.24. The van der Waals surface area contributed by atoms with Gasteiger partial charge < -0.3 is 15.4 Å². The molecule has 0 radical (unpaired) electrons. The van der Waals surface area contributed by atoms with Gasteiger partial charge in [-0.15, -0.1) is 0 Å². The van der Waals surface area contributed by atoms with Gasteiger partial charge in [-0.25, -0.2) is 15.0 Å². The van der Waals surface area contributed by atoms with Crippen molar-refractivity contribution in [2.75, 3.05) is 36.9 Å². The smallest absolute Gasteiger partial charge is 0.241 e. The third-order valence-electron chi connectivity index (χ3n) is 4.98. The van der Waals surface area contributed by atoms with Crippen LogP contribution in [0.1, 0.15) is 12.7 Å². The number of hydrogen-bond donors (Lipinski definition) is 1. The number of nitrogen functional groups attached to an aromatic ring is 1. The van der Waals surface area contributed by atoms with E-state index in [9.17, 15) is 0 Å². The molecule has 1 saturated heterocycles. The van der Waals surface area contributed by atoms with Crippen LogP contribution in [-0.2, 0) is 11.2 Å². The van der Waals surface area contributed by atoms with Crippen molar-refractivity contribution in [1.82, 2.24) is 34.5 Å². The Labute approximate surface area is 172 Å². The summed E-state index contributed by atoms with van der Waals surface area (Å²) in [5, 5.41) is 0. The minimum absolute atomic E-state index is 0.204. The Morgan fingerprint density at radius 1 is 0.967 bits per heavy atom. The maximum absolute atomic E-state index is 5.65. The predicted molar refractivity (Wildman–Crippen MR) is 112 cm³/mol. The van der Waals surface area contributed by atoms with Crippen molar-refractivity contribution in [2.24, 2.45) is 0 Å². The van der Waals surface area contributed by atoms with Gasteiger partial charge in [-0.2, -0.15) is 15.0 Å². The summed E-state index contributed by atoms with van der Waals surface area (Å²) in [5.74, 6) is 2.69. The largest absolute Gasteiger partial charge is 0.378 e. The zero-order chi connectivity index (χ0) is 20.5. The SMILES string of the molecule is CCc1nc2ccccc2n1-c1nc(-c2cnc(N)nc2)nc(N2CCOCC2)n1. The molecule has 30 heavy (non-hydrogen) atoms. The molecule has 0 bridgehead atoms. The van der Waals surface area contributed by atoms with Gasteiger partial charge in [-0.1, -0.05) is 19.1 Å². The molecule has 1 aliphatic heterocycles. The van der Waals surface area contributed by atoms with Crippen molar-refractivity contribution in [2.45, 2.75) is 13.3 Å². The molecule has 0 saturated carbocycles. The number of ether oxygens (including phenoxy) is 1. The second-order valence-corrected chi connectivity index (χ2v) is 6.89. The zero-order valence-corrected chi connectivity index (χ0v) is 16.6. The van der Waals surface area contributed by atoms with Crippen molar-refractivity contribution < 1.29 is 4.74 Å². The third-order valence-corrected chi connectivity index (χ3v) is 4.98. The minimum atomic E-state index is 0.204. The van der Waals surface area contributed by atoms with E-state index >= 15 is 0 Å². The fourth-order valence-electron chi connectivity index (χ4n) is 3.48. The highest BCUT2D eigenvalue weighted by molar-refractivity contribution is 5.77. The van der Waals surface area contributed by atoms with Crippen LogP contribution in [0.15, 0.2) is 36.7 Å². The van der Waals surface area contributed by atoms with E-state index < -0.39 is 0 Å². The maximum Gasteiger partial charge on any atom is 0.241 e. The van der Waals surface area contributed by atoms with Crippen LogP contribution in [0.4, 0.5) is 11.9 Å². The molecule has 3 aromatic heterocycles. The monoisotopic (exact) mass is 403 g/mol. The Morgan fingerprint density at radius 3 is 2.47 bits per heavy atom. The molecular formula is C20H21N9O. The molecule has 2 N–H and O–H groups in total. The van der Waals surface area contributed by atoms with Gasteiger partial charge in [0, 0.05) is 31.9 Å². The molecule has 10 nitrogen and oxygen atoms in total. The first kappa shape index (κ1) is 18.4. The third kappa shape index (κ3) is 3.30.